The minimum Gasteiger partial charge on any atom is -0.480 e. The third-order valence-electron chi connectivity index (χ3n) is 10.5. The van der Waals surface area contributed by atoms with Gasteiger partial charge in [-0.05, 0) is 92.9 Å². The van der Waals surface area contributed by atoms with Crippen molar-refractivity contribution in [3.8, 4) is 0 Å². The molecule has 1 aromatic heterocycles. The first-order valence-electron chi connectivity index (χ1n) is 16.6. The van der Waals surface area contributed by atoms with E-state index in [-0.39, 0.29) is 29.4 Å². The highest BCUT2D eigenvalue weighted by Crippen LogP contribution is 2.39. The van der Waals surface area contributed by atoms with E-state index < -0.39 is 12.0 Å². The van der Waals surface area contributed by atoms with Crippen molar-refractivity contribution in [1.29, 1.82) is 0 Å². The van der Waals surface area contributed by atoms with Crippen LogP contribution in [0.3, 0.4) is 0 Å². The summed E-state index contributed by atoms with van der Waals surface area (Å²) in [7, 11) is 0. The third kappa shape index (κ3) is 6.91. The van der Waals surface area contributed by atoms with Crippen molar-refractivity contribution in [2.75, 3.05) is 32.7 Å². The molecular formula is C36H46F2N4O2. The summed E-state index contributed by atoms with van der Waals surface area (Å²) in [6.07, 6.45) is 7.89. The van der Waals surface area contributed by atoms with E-state index in [0.29, 0.717) is 24.4 Å². The van der Waals surface area contributed by atoms with Gasteiger partial charge in [0.15, 0.2) is 0 Å². The van der Waals surface area contributed by atoms with Crippen LogP contribution in [0.5, 0.6) is 0 Å². The molecule has 1 aliphatic carbocycles. The van der Waals surface area contributed by atoms with Crippen LogP contribution in [0.15, 0.2) is 54.6 Å². The zero-order chi connectivity index (χ0) is 30.6. The first-order valence-corrected chi connectivity index (χ1v) is 16.6. The Morgan fingerprint density at radius 3 is 2.45 bits per heavy atom. The molecular weight excluding hydrogens is 558 g/mol. The molecule has 3 fully saturated rings. The normalized spacial score (nSPS) is 23.2. The van der Waals surface area contributed by atoms with Crippen molar-refractivity contribution < 1.29 is 18.7 Å². The van der Waals surface area contributed by atoms with Gasteiger partial charge in [0.2, 0.25) is 0 Å². The summed E-state index contributed by atoms with van der Waals surface area (Å²) in [6.45, 7) is 7.08. The fourth-order valence-electron chi connectivity index (χ4n) is 8.27. The molecule has 1 N–H and O–H groups in total. The quantitative estimate of drug-likeness (QED) is 0.279. The standard InChI is InChI=1S/C36H46F2N4O2/c1-2-42-34(21-31(39-42)20-28-11-6-7-14-33(28)38)25-15-17-40(18-16-25)22-29-23-41(24-32(29)27-12-8-13-30(37)19-27)35(36(43)44)26-9-4-3-5-10-26/h6-8,11-14,19,21,25-26,29,32,35H,2-5,9-10,15-18,20,22-24H2,1H3,(H,43,44)/t29-,32+,35+/m0/s1. The van der Waals surface area contributed by atoms with Gasteiger partial charge in [-0.1, -0.05) is 49.6 Å². The number of carboxylic acids is 1. The molecule has 2 aromatic carbocycles. The highest BCUT2D eigenvalue weighted by molar-refractivity contribution is 5.74. The summed E-state index contributed by atoms with van der Waals surface area (Å²) in [6, 6.07) is 15.5. The molecule has 0 spiro atoms. The highest BCUT2D eigenvalue weighted by Gasteiger charge is 2.43. The first kappa shape index (κ1) is 30.9. The van der Waals surface area contributed by atoms with Gasteiger partial charge in [0.25, 0.3) is 0 Å². The molecule has 3 heterocycles. The summed E-state index contributed by atoms with van der Waals surface area (Å²) in [5, 5.41) is 15.2. The highest BCUT2D eigenvalue weighted by atomic mass is 19.1. The molecule has 6 nitrogen and oxygen atoms in total. The Morgan fingerprint density at radius 2 is 1.75 bits per heavy atom. The predicted octanol–water partition coefficient (Wildman–Crippen LogP) is 6.70. The Kier molecular flexibility index (Phi) is 9.77. The van der Waals surface area contributed by atoms with Crippen LogP contribution in [0.4, 0.5) is 8.78 Å². The Bertz CT molecular complexity index is 1410. The van der Waals surface area contributed by atoms with Crippen molar-refractivity contribution in [2.45, 2.75) is 82.7 Å². The number of aryl methyl sites for hydroxylation is 1. The van der Waals surface area contributed by atoms with E-state index in [0.717, 1.165) is 82.5 Å². The number of carbonyl (C=O) groups is 1. The Balaban J connectivity index is 1.13. The molecule has 1 saturated carbocycles. The lowest BCUT2D eigenvalue weighted by Gasteiger charge is -2.35. The molecule has 44 heavy (non-hydrogen) atoms. The lowest BCUT2D eigenvalue weighted by atomic mass is 9.83. The third-order valence-corrected chi connectivity index (χ3v) is 10.5. The molecule has 0 bridgehead atoms. The zero-order valence-corrected chi connectivity index (χ0v) is 25.9. The molecule has 8 heteroatoms. The molecule has 6 rings (SSSR count). The zero-order valence-electron chi connectivity index (χ0n) is 25.9. The van der Waals surface area contributed by atoms with Crippen molar-refractivity contribution >= 4 is 5.97 Å². The second kappa shape index (κ2) is 13.9. The summed E-state index contributed by atoms with van der Waals surface area (Å²) < 4.78 is 30.7. The molecule has 2 aliphatic heterocycles. The Hall–Kier alpha value is -3.10. The largest absolute Gasteiger partial charge is 0.480 e. The summed E-state index contributed by atoms with van der Waals surface area (Å²) in [4.78, 5) is 17.3. The Labute approximate surface area is 260 Å². The molecule has 3 atom stereocenters. The van der Waals surface area contributed by atoms with E-state index >= 15 is 0 Å². The molecule has 2 saturated heterocycles. The Morgan fingerprint density at radius 1 is 0.977 bits per heavy atom. The van der Waals surface area contributed by atoms with Gasteiger partial charge in [0.1, 0.15) is 17.7 Å². The van der Waals surface area contributed by atoms with Crippen LogP contribution < -0.4 is 0 Å². The van der Waals surface area contributed by atoms with Crippen LogP contribution in [-0.4, -0.2) is 69.4 Å². The van der Waals surface area contributed by atoms with E-state index in [1.807, 2.05) is 18.2 Å². The summed E-state index contributed by atoms with van der Waals surface area (Å²) in [5.41, 5.74) is 3.79. The number of nitrogens with zero attached hydrogens (tertiary/aromatic N) is 4. The summed E-state index contributed by atoms with van der Waals surface area (Å²) >= 11 is 0. The average molecular weight is 605 g/mol. The molecule has 236 valence electrons. The van der Waals surface area contributed by atoms with Crippen LogP contribution in [0.1, 0.15) is 86.2 Å². The second-order valence-corrected chi connectivity index (χ2v) is 13.3. The predicted molar refractivity (Wildman–Crippen MR) is 168 cm³/mol. The SMILES string of the molecule is CCn1nc(Cc2ccccc2F)cc1C1CCN(C[C@H]2CN([C@@H](C(=O)O)C3CCCCC3)C[C@@H]2c2cccc(F)c2)CC1. The van der Waals surface area contributed by atoms with Gasteiger partial charge in [-0.25, -0.2) is 8.78 Å². The number of likely N-dealkylation sites (tertiary alicyclic amines) is 2. The van der Waals surface area contributed by atoms with Gasteiger partial charge in [-0.3, -0.25) is 14.4 Å². The summed E-state index contributed by atoms with van der Waals surface area (Å²) in [5.74, 6) is -0.194. The van der Waals surface area contributed by atoms with Crippen LogP contribution in [0.2, 0.25) is 0 Å². The number of hydrogen-bond acceptors (Lipinski definition) is 4. The van der Waals surface area contributed by atoms with Gasteiger partial charge in [0, 0.05) is 50.1 Å². The van der Waals surface area contributed by atoms with E-state index in [9.17, 15) is 18.7 Å². The number of hydrogen-bond donors (Lipinski definition) is 1. The number of aromatic nitrogens is 2. The van der Waals surface area contributed by atoms with Crippen molar-refractivity contribution in [3.63, 3.8) is 0 Å². The van der Waals surface area contributed by atoms with Gasteiger partial charge in [-0.2, -0.15) is 5.10 Å². The van der Waals surface area contributed by atoms with Crippen LogP contribution in [0, 0.1) is 23.5 Å². The van der Waals surface area contributed by atoms with Gasteiger partial charge < -0.3 is 10.0 Å². The van der Waals surface area contributed by atoms with Gasteiger partial charge >= 0.3 is 5.97 Å². The van der Waals surface area contributed by atoms with Crippen molar-refractivity contribution in [3.05, 3.63) is 88.7 Å². The number of piperidine rings is 1. The van der Waals surface area contributed by atoms with E-state index in [4.69, 9.17) is 5.10 Å². The number of halogens is 2. The molecule has 0 amide bonds. The molecule has 3 aromatic rings. The smallest absolute Gasteiger partial charge is 0.321 e. The minimum atomic E-state index is -0.710. The van der Waals surface area contributed by atoms with Crippen LogP contribution in [-0.2, 0) is 17.8 Å². The first-order chi connectivity index (χ1) is 21.4. The number of benzene rings is 2. The number of rotatable bonds is 10. The number of carboxylic acid groups (broad SMARTS) is 1. The molecule has 0 unspecified atom stereocenters. The minimum absolute atomic E-state index is 0.108. The molecule has 3 aliphatic rings. The lowest BCUT2D eigenvalue weighted by Crippen LogP contribution is -2.46. The maximum atomic E-state index is 14.3. The lowest BCUT2D eigenvalue weighted by molar-refractivity contribution is -0.145. The maximum Gasteiger partial charge on any atom is 0.321 e. The van der Waals surface area contributed by atoms with E-state index in [2.05, 4.69) is 27.5 Å². The maximum absolute atomic E-state index is 14.3. The van der Waals surface area contributed by atoms with Gasteiger partial charge in [0.05, 0.1) is 5.69 Å². The van der Waals surface area contributed by atoms with Crippen LogP contribution in [0.25, 0.3) is 0 Å². The average Bonchev–Trinajstić information content (AvgIpc) is 3.63. The fraction of sp³-hybridized carbons (Fsp3) is 0.556. The van der Waals surface area contributed by atoms with E-state index in [1.165, 1.54) is 24.2 Å². The second-order valence-electron chi connectivity index (χ2n) is 13.3. The number of aliphatic carboxylic acids is 1. The topological polar surface area (TPSA) is 61.6 Å². The van der Waals surface area contributed by atoms with E-state index in [1.54, 1.807) is 18.2 Å². The molecule has 0 radical (unpaired) electrons. The van der Waals surface area contributed by atoms with Crippen LogP contribution >= 0.6 is 0 Å². The monoisotopic (exact) mass is 604 g/mol. The van der Waals surface area contributed by atoms with Crippen molar-refractivity contribution in [1.82, 2.24) is 19.6 Å². The van der Waals surface area contributed by atoms with Gasteiger partial charge in [-0.15, -0.1) is 0 Å². The van der Waals surface area contributed by atoms with Crippen molar-refractivity contribution in [2.24, 2.45) is 11.8 Å². The fourth-order valence-corrected chi connectivity index (χ4v) is 8.27.